The molecule has 1 aliphatic rings. The third kappa shape index (κ3) is 4.99. The summed E-state index contributed by atoms with van der Waals surface area (Å²) in [6, 6.07) is 4.53. The maximum atomic E-state index is 4.86. The van der Waals surface area contributed by atoms with Gasteiger partial charge in [0, 0.05) is 25.8 Å². The molecule has 118 valence electrons. The molecule has 0 saturated heterocycles. The maximum absolute atomic E-state index is 4.86. The summed E-state index contributed by atoms with van der Waals surface area (Å²) in [5.41, 5.74) is 2.60. The second kappa shape index (κ2) is 7.79. The largest absolute Gasteiger partial charge is 0.359 e. The van der Waals surface area contributed by atoms with Gasteiger partial charge in [-0.15, -0.1) is 0 Å². The summed E-state index contributed by atoms with van der Waals surface area (Å²) in [5.74, 6) is 2.92. The molecule has 2 unspecified atom stereocenters. The molecular weight excluding hydrogens is 258 g/mol. The minimum atomic E-state index is 0.869. The highest BCUT2D eigenvalue weighted by molar-refractivity contribution is 5.42. The van der Waals surface area contributed by atoms with Gasteiger partial charge in [0.2, 0.25) is 0 Å². The molecule has 1 heterocycles. The van der Waals surface area contributed by atoms with Gasteiger partial charge in [0.05, 0.1) is 0 Å². The third-order valence-corrected chi connectivity index (χ3v) is 4.36. The Hall–Kier alpha value is -1.09. The Morgan fingerprint density at radius 3 is 2.67 bits per heavy atom. The van der Waals surface area contributed by atoms with Gasteiger partial charge in [-0.1, -0.05) is 27.2 Å². The van der Waals surface area contributed by atoms with E-state index in [0.717, 1.165) is 50.1 Å². The van der Waals surface area contributed by atoms with Crippen LogP contribution in [0.2, 0.25) is 0 Å². The summed E-state index contributed by atoms with van der Waals surface area (Å²) < 4.78 is 0. The summed E-state index contributed by atoms with van der Waals surface area (Å²) in [7, 11) is 2.19. The van der Waals surface area contributed by atoms with E-state index in [2.05, 4.69) is 50.2 Å². The van der Waals surface area contributed by atoms with Crippen molar-refractivity contribution in [3.8, 4) is 0 Å². The summed E-state index contributed by atoms with van der Waals surface area (Å²) in [6.45, 7) is 9.95. The van der Waals surface area contributed by atoms with E-state index in [1.807, 2.05) is 0 Å². The van der Waals surface area contributed by atoms with Crippen LogP contribution >= 0.6 is 0 Å². The molecule has 21 heavy (non-hydrogen) atoms. The predicted molar refractivity (Wildman–Crippen MR) is 90.8 cm³/mol. The summed E-state index contributed by atoms with van der Waals surface area (Å²) in [5, 5.41) is 3.50. The van der Waals surface area contributed by atoms with Crippen LogP contribution in [0.5, 0.6) is 0 Å². The van der Waals surface area contributed by atoms with Crippen LogP contribution in [-0.4, -0.2) is 25.1 Å². The molecule has 3 nitrogen and oxygen atoms in total. The zero-order valence-electron chi connectivity index (χ0n) is 14.2. The molecule has 1 aliphatic carbocycles. The van der Waals surface area contributed by atoms with E-state index in [1.54, 1.807) is 0 Å². The van der Waals surface area contributed by atoms with E-state index in [9.17, 15) is 0 Å². The van der Waals surface area contributed by atoms with E-state index in [4.69, 9.17) is 4.98 Å². The van der Waals surface area contributed by atoms with Gasteiger partial charge in [-0.3, -0.25) is 0 Å². The van der Waals surface area contributed by atoms with Gasteiger partial charge in [-0.2, -0.15) is 0 Å². The maximum Gasteiger partial charge on any atom is 0.128 e. The highest BCUT2D eigenvalue weighted by Gasteiger charge is 2.33. The molecule has 0 radical (unpaired) electrons. The molecule has 0 amide bonds. The highest BCUT2D eigenvalue weighted by atomic mass is 15.2. The van der Waals surface area contributed by atoms with Crippen molar-refractivity contribution in [2.24, 2.45) is 11.8 Å². The van der Waals surface area contributed by atoms with Gasteiger partial charge >= 0.3 is 0 Å². The lowest BCUT2D eigenvalue weighted by Crippen LogP contribution is -2.23. The van der Waals surface area contributed by atoms with Crippen LogP contribution in [0.15, 0.2) is 12.1 Å². The standard InChI is InChI=1S/C18H31N3/c1-5-7-17-10-15(12-19-8-6-2)11-18(20-17)21(4)13-16-9-14(16)3/h10-11,14,16,19H,5-9,12-13H2,1-4H3. The molecule has 1 aromatic rings. The molecule has 3 heteroatoms. The number of rotatable bonds is 9. The van der Waals surface area contributed by atoms with Crippen molar-refractivity contribution >= 4 is 5.82 Å². The number of pyridine rings is 1. The van der Waals surface area contributed by atoms with Gasteiger partial charge in [-0.25, -0.2) is 4.98 Å². The Morgan fingerprint density at radius 2 is 2.05 bits per heavy atom. The third-order valence-electron chi connectivity index (χ3n) is 4.36. The van der Waals surface area contributed by atoms with Crippen molar-refractivity contribution in [3.63, 3.8) is 0 Å². The molecule has 1 aromatic heterocycles. The topological polar surface area (TPSA) is 28.2 Å². The summed E-state index contributed by atoms with van der Waals surface area (Å²) in [4.78, 5) is 7.20. The first-order chi connectivity index (χ1) is 10.1. The number of anilines is 1. The molecule has 0 spiro atoms. The molecule has 0 aliphatic heterocycles. The Labute approximate surface area is 130 Å². The van der Waals surface area contributed by atoms with Crippen LogP contribution in [-0.2, 0) is 13.0 Å². The molecule has 0 bridgehead atoms. The van der Waals surface area contributed by atoms with Crippen molar-refractivity contribution in [2.45, 2.75) is 53.0 Å². The number of hydrogen-bond acceptors (Lipinski definition) is 3. The minimum Gasteiger partial charge on any atom is -0.359 e. The van der Waals surface area contributed by atoms with E-state index in [0.29, 0.717) is 0 Å². The first-order valence-electron chi connectivity index (χ1n) is 8.55. The monoisotopic (exact) mass is 289 g/mol. The average Bonchev–Trinajstić information content (AvgIpc) is 3.14. The van der Waals surface area contributed by atoms with Crippen molar-refractivity contribution in [2.75, 3.05) is 25.0 Å². The summed E-state index contributed by atoms with van der Waals surface area (Å²) in [6.07, 6.45) is 4.78. The minimum absolute atomic E-state index is 0.869. The number of aryl methyl sites for hydroxylation is 1. The van der Waals surface area contributed by atoms with Crippen LogP contribution in [0.25, 0.3) is 0 Å². The number of aromatic nitrogens is 1. The second-order valence-corrected chi connectivity index (χ2v) is 6.61. The van der Waals surface area contributed by atoms with Crippen molar-refractivity contribution in [1.29, 1.82) is 0 Å². The lowest BCUT2D eigenvalue weighted by molar-refractivity contribution is 0.671. The van der Waals surface area contributed by atoms with Crippen LogP contribution in [0.3, 0.4) is 0 Å². The van der Waals surface area contributed by atoms with Crippen LogP contribution < -0.4 is 10.2 Å². The normalized spacial score (nSPS) is 20.6. The molecule has 2 rings (SSSR count). The average molecular weight is 289 g/mol. The summed E-state index contributed by atoms with van der Waals surface area (Å²) >= 11 is 0. The van der Waals surface area contributed by atoms with E-state index < -0.39 is 0 Å². The first kappa shape index (κ1) is 16.3. The van der Waals surface area contributed by atoms with Crippen LogP contribution in [0, 0.1) is 11.8 Å². The smallest absolute Gasteiger partial charge is 0.128 e. The van der Waals surface area contributed by atoms with E-state index in [-0.39, 0.29) is 0 Å². The van der Waals surface area contributed by atoms with Gasteiger partial charge in [-0.05, 0) is 55.3 Å². The van der Waals surface area contributed by atoms with Gasteiger partial charge in [0.25, 0.3) is 0 Å². The Morgan fingerprint density at radius 1 is 1.29 bits per heavy atom. The fraction of sp³-hybridized carbons (Fsp3) is 0.722. The molecule has 2 atom stereocenters. The Kier molecular flexibility index (Phi) is 6.04. The van der Waals surface area contributed by atoms with Gasteiger partial charge in [0.1, 0.15) is 5.82 Å². The fourth-order valence-corrected chi connectivity index (χ4v) is 2.82. The van der Waals surface area contributed by atoms with Crippen molar-refractivity contribution < 1.29 is 0 Å². The number of nitrogens with zero attached hydrogens (tertiary/aromatic N) is 2. The number of nitrogens with one attached hydrogen (secondary N) is 1. The predicted octanol–water partition coefficient (Wildman–Crippen LogP) is 3.63. The SMILES string of the molecule is CCCNCc1cc(CCC)nc(N(C)CC2CC2C)c1. The Bertz CT molecular complexity index is 444. The number of hydrogen-bond donors (Lipinski definition) is 1. The zero-order chi connectivity index (χ0) is 15.2. The molecule has 1 N–H and O–H groups in total. The molecule has 0 aromatic carbocycles. The van der Waals surface area contributed by atoms with Crippen LogP contribution in [0.1, 0.15) is 51.3 Å². The highest BCUT2D eigenvalue weighted by Crippen LogP contribution is 2.38. The molecule has 1 fully saturated rings. The van der Waals surface area contributed by atoms with Gasteiger partial charge in [0.15, 0.2) is 0 Å². The van der Waals surface area contributed by atoms with Gasteiger partial charge < -0.3 is 10.2 Å². The first-order valence-corrected chi connectivity index (χ1v) is 8.55. The zero-order valence-corrected chi connectivity index (χ0v) is 14.2. The van der Waals surface area contributed by atoms with E-state index in [1.165, 1.54) is 24.1 Å². The fourth-order valence-electron chi connectivity index (χ4n) is 2.82. The lowest BCUT2D eigenvalue weighted by atomic mass is 10.1. The van der Waals surface area contributed by atoms with Crippen molar-refractivity contribution in [3.05, 3.63) is 23.4 Å². The second-order valence-electron chi connectivity index (χ2n) is 6.61. The quantitative estimate of drug-likeness (QED) is 0.704. The Balaban J connectivity index is 2.06. The molecular formula is C18H31N3. The van der Waals surface area contributed by atoms with E-state index >= 15 is 0 Å². The molecule has 1 saturated carbocycles. The van der Waals surface area contributed by atoms with Crippen molar-refractivity contribution in [1.82, 2.24) is 10.3 Å². The van der Waals surface area contributed by atoms with Crippen LogP contribution in [0.4, 0.5) is 5.82 Å². The lowest BCUT2D eigenvalue weighted by Gasteiger charge is -2.20.